The zero-order valence-corrected chi connectivity index (χ0v) is 14.5. The van der Waals surface area contributed by atoms with Crippen molar-refractivity contribution in [1.82, 2.24) is 15.5 Å². The third-order valence-electron chi connectivity index (χ3n) is 3.99. The number of nitrogens with zero attached hydrogens (tertiary/aromatic N) is 2. The molecular formula is C15H32N4S. The SMILES string of the molecule is CCN(CC)CCCNC(=NC)NCC1(C)CCCS1. The Morgan fingerprint density at radius 3 is 2.60 bits per heavy atom. The molecule has 2 N–H and O–H groups in total. The molecule has 1 rings (SSSR count). The molecule has 1 atom stereocenters. The fourth-order valence-corrected chi connectivity index (χ4v) is 3.76. The maximum absolute atomic E-state index is 4.31. The minimum Gasteiger partial charge on any atom is -0.356 e. The monoisotopic (exact) mass is 300 g/mol. The maximum Gasteiger partial charge on any atom is 0.191 e. The molecule has 20 heavy (non-hydrogen) atoms. The van der Waals surface area contributed by atoms with Gasteiger partial charge in [-0.3, -0.25) is 4.99 Å². The van der Waals surface area contributed by atoms with Crippen molar-refractivity contribution in [3.63, 3.8) is 0 Å². The summed E-state index contributed by atoms with van der Waals surface area (Å²) in [5.74, 6) is 2.24. The predicted octanol–water partition coefficient (Wildman–Crippen LogP) is 2.17. The first-order chi connectivity index (χ1) is 9.63. The first-order valence-corrected chi connectivity index (χ1v) is 8.93. The molecule has 1 unspecified atom stereocenters. The maximum atomic E-state index is 4.31. The Hall–Kier alpha value is -0.420. The summed E-state index contributed by atoms with van der Waals surface area (Å²) >= 11 is 2.08. The average molecular weight is 301 g/mol. The molecule has 0 spiro atoms. The second-order valence-electron chi connectivity index (χ2n) is 5.63. The van der Waals surface area contributed by atoms with E-state index in [0.29, 0.717) is 4.75 Å². The molecule has 5 heteroatoms. The summed E-state index contributed by atoms with van der Waals surface area (Å²) in [5.41, 5.74) is 0. The van der Waals surface area contributed by atoms with Crippen molar-refractivity contribution in [3.8, 4) is 0 Å². The summed E-state index contributed by atoms with van der Waals surface area (Å²) in [6.45, 7) is 12.2. The Kier molecular flexibility index (Phi) is 8.38. The molecular weight excluding hydrogens is 268 g/mol. The van der Waals surface area contributed by atoms with E-state index in [2.05, 4.69) is 53.1 Å². The lowest BCUT2D eigenvalue weighted by Crippen LogP contribution is -2.44. The van der Waals surface area contributed by atoms with Crippen molar-refractivity contribution in [2.45, 2.75) is 44.8 Å². The highest BCUT2D eigenvalue weighted by atomic mass is 32.2. The third-order valence-corrected chi connectivity index (χ3v) is 5.53. The number of thioether (sulfide) groups is 1. The highest BCUT2D eigenvalue weighted by Gasteiger charge is 2.29. The molecule has 1 heterocycles. The molecule has 0 aromatic carbocycles. The molecule has 0 bridgehead atoms. The minimum absolute atomic E-state index is 0.388. The predicted molar refractivity (Wildman–Crippen MR) is 91.9 cm³/mol. The second-order valence-corrected chi connectivity index (χ2v) is 7.32. The van der Waals surface area contributed by atoms with Crippen molar-refractivity contribution in [2.75, 3.05) is 45.5 Å². The van der Waals surface area contributed by atoms with Crippen molar-refractivity contribution in [2.24, 2.45) is 4.99 Å². The van der Waals surface area contributed by atoms with Gasteiger partial charge in [0.1, 0.15) is 0 Å². The van der Waals surface area contributed by atoms with Crippen LogP contribution in [0.5, 0.6) is 0 Å². The molecule has 1 aliphatic rings. The number of guanidine groups is 1. The molecule has 1 saturated heterocycles. The van der Waals surface area contributed by atoms with E-state index >= 15 is 0 Å². The van der Waals surface area contributed by atoms with E-state index < -0.39 is 0 Å². The van der Waals surface area contributed by atoms with Crippen molar-refractivity contribution < 1.29 is 0 Å². The van der Waals surface area contributed by atoms with Gasteiger partial charge >= 0.3 is 0 Å². The van der Waals surface area contributed by atoms with Crippen LogP contribution in [0.25, 0.3) is 0 Å². The van der Waals surface area contributed by atoms with Gasteiger partial charge < -0.3 is 15.5 Å². The van der Waals surface area contributed by atoms with E-state index in [1.54, 1.807) is 0 Å². The fraction of sp³-hybridized carbons (Fsp3) is 0.933. The summed E-state index contributed by atoms with van der Waals surface area (Å²) in [6.07, 6.45) is 3.82. The summed E-state index contributed by atoms with van der Waals surface area (Å²) in [5, 5.41) is 6.89. The first-order valence-electron chi connectivity index (χ1n) is 7.94. The second kappa shape index (κ2) is 9.50. The van der Waals surface area contributed by atoms with Gasteiger partial charge in [-0.05, 0) is 51.6 Å². The Labute approximate surface area is 129 Å². The van der Waals surface area contributed by atoms with Gasteiger partial charge in [0.15, 0.2) is 5.96 Å². The van der Waals surface area contributed by atoms with Crippen LogP contribution in [0.4, 0.5) is 0 Å². The smallest absolute Gasteiger partial charge is 0.191 e. The van der Waals surface area contributed by atoms with Crippen LogP contribution in [-0.4, -0.2) is 61.1 Å². The van der Waals surface area contributed by atoms with Crippen LogP contribution in [0.1, 0.15) is 40.0 Å². The zero-order chi connectivity index (χ0) is 14.8. The zero-order valence-electron chi connectivity index (χ0n) is 13.7. The number of aliphatic imine (C=N–C) groups is 1. The average Bonchev–Trinajstić information content (AvgIpc) is 2.89. The molecule has 0 aromatic heterocycles. The summed E-state index contributed by atoms with van der Waals surface area (Å²) < 4.78 is 0.388. The normalized spacial score (nSPS) is 23.4. The standard InChI is InChI=1S/C15H32N4S/c1-5-19(6-2)11-8-10-17-14(16-4)18-13-15(3)9-7-12-20-15/h5-13H2,1-4H3,(H2,16,17,18). The molecule has 0 radical (unpaired) electrons. The lowest BCUT2D eigenvalue weighted by Gasteiger charge is -2.24. The van der Waals surface area contributed by atoms with Crippen LogP contribution in [0, 0.1) is 0 Å². The van der Waals surface area contributed by atoms with Gasteiger partial charge in [-0.2, -0.15) is 11.8 Å². The van der Waals surface area contributed by atoms with E-state index in [0.717, 1.165) is 45.1 Å². The molecule has 118 valence electrons. The number of rotatable bonds is 8. The quantitative estimate of drug-likeness (QED) is 0.409. The molecule has 4 nitrogen and oxygen atoms in total. The van der Waals surface area contributed by atoms with Gasteiger partial charge in [0.2, 0.25) is 0 Å². The largest absolute Gasteiger partial charge is 0.356 e. The summed E-state index contributed by atoms with van der Waals surface area (Å²) in [6, 6.07) is 0. The van der Waals surface area contributed by atoms with Gasteiger partial charge in [-0.15, -0.1) is 0 Å². The van der Waals surface area contributed by atoms with Crippen LogP contribution in [0.3, 0.4) is 0 Å². The van der Waals surface area contributed by atoms with Gasteiger partial charge in [0, 0.05) is 24.9 Å². The number of nitrogens with one attached hydrogen (secondary N) is 2. The Morgan fingerprint density at radius 2 is 2.05 bits per heavy atom. The van der Waals surface area contributed by atoms with Crippen LogP contribution < -0.4 is 10.6 Å². The van der Waals surface area contributed by atoms with Crippen LogP contribution >= 0.6 is 11.8 Å². The molecule has 1 fully saturated rings. The highest BCUT2D eigenvalue weighted by molar-refractivity contribution is 8.00. The number of hydrogen-bond donors (Lipinski definition) is 2. The van der Waals surface area contributed by atoms with Gasteiger partial charge in [-0.25, -0.2) is 0 Å². The van der Waals surface area contributed by atoms with E-state index in [9.17, 15) is 0 Å². The Balaban J connectivity index is 2.16. The summed E-state index contributed by atoms with van der Waals surface area (Å²) in [7, 11) is 1.85. The van der Waals surface area contributed by atoms with Crippen molar-refractivity contribution >= 4 is 17.7 Å². The van der Waals surface area contributed by atoms with Crippen molar-refractivity contribution in [1.29, 1.82) is 0 Å². The first kappa shape index (κ1) is 17.6. The third kappa shape index (κ3) is 6.35. The van der Waals surface area contributed by atoms with Gasteiger partial charge in [0.05, 0.1) is 0 Å². The Bertz CT molecular complexity index is 284. The molecule has 0 aromatic rings. The lowest BCUT2D eigenvalue weighted by molar-refractivity contribution is 0.300. The highest BCUT2D eigenvalue weighted by Crippen LogP contribution is 2.36. The van der Waals surface area contributed by atoms with Crippen molar-refractivity contribution in [3.05, 3.63) is 0 Å². The van der Waals surface area contributed by atoms with E-state index in [1.807, 2.05) is 7.05 Å². The topological polar surface area (TPSA) is 39.7 Å². The molecule has 0 amide bonds. The lowest BCUT2D eigenvalue weighted by atomic mass is 10.1. The molecule has 0 aliphatic carbocycles. The fourth-order valence-electron chi connectivity index (χ4n) is 2.52. The molecule has 0 saturated carbocycles. The van der Waals surface area contributed by atoms with Gasteiger partial charge in [-0.1, -0.05) is 13.8 Å². The summed E-state index contributed by atoms with van der Waals surface area (Å²) in [4.78, 5) is 6.76. The minimum atomic E-state index is 0.388. The van der Waals surface area contributed by atoms with E-state index in [1.165, 1.54) is 18.6 Å². The van der Waals surface area contributed by atoms with E-state index in [-0.39, 0.29) is 0 Å². The van der Waals surface area contributed by atoms with Gasteiger partial charge in [0.25, 0.3) is 0 Å². The Morgan fingerprint density at radius 1 is 1.30 bits per heavy atom. The van der Waals surface area contributed by atoms with Crippen LogP contribution in [-0.2, 0) is 0 Å². The van der Waals surface area contributed by atoms with E-state index in [4.69, 9.17) is 0 Å². The van der Waals surface area contributed by atoms with Crippen LogP contribution in [0.15, 0.2) is 4.99 Å². The molecule has 1 aliphatic heterocycles. The number of hydrogen-bond acceptors (Lipinski definition) is 3. The van der Waals surface area contributed by atoms with Crippen LogP contribution in [0.2, 0.25) is 0 Å².